The number of carbonyl (C=O) groups excluding carboxylic acids is 1. The number of nitrogens with zero attached hydrogens (tertiary/aromatic N) is 2. The average Bonchev–Trinajstić information content (AvgIpc) is 1.89. The summed E-state index contributed by atoms with van der Waals surface area (Å²) in [7, 11) is 0. The maximum Gasteiger partial charge on any atom is 0.172 e. The van der Waals surface area contributed by atoms with Crippen molar-refractivity contribution in [1.29, 1.82) is 0 Å². The van der Waals surface area contributed by atoms with Gasteiger partial charge in [0.15, 0.2) is 6.29 Å². The number of nitrogens with two attached hydrogens (primary N) is 1. The Labute approximate surface area is 51.7 Å². The number of aromatic nitrogens is 2. The van der Waals surface area contributed by atoms with Crippen LogP contribution in [-0.2, 0) is 0 Å². The summed E-state index contributed by atoms with van der Waals surface area (Å²) in [5, 5.41) is 6.91. The molecule has 0 atom stereocenters. The van der Waals surface area contributed by atoms with Gasteiger partial charge in [0, 0.05) is 0 Å². The van der Waals surface area contributed by atoms with Gasteiger partial charge in [-0.05, 0) is 6.07 Å². The molecule has 0 unspecified atom stereocenters. The van der Waals surface area contributed by atoms with Crippen LogP contribution >= 0.6 is 0 Å². The van der Waals surface area contributed by atoms with Crippen molar-refractivity contribution in [2.24, 2.45) is 0 Å². The van der Waals surface area contributed by atoms with Crippen molar-refractivity contribution in [3.05, 3.63) is 18.0 Å². The molecule has 2 N–H and O–H groups in total. The van der Waals surface area contributed by atoms with E-state index in [-0.39, 0.29) is 5.69 Å². The van der Waals surface area contributed by atoms with Crippen molar-refractivity contribution in [2.45, 2.75) is 0 Å². The lowest BCUT2D eigenvalue weighted by Gasteiger charge is -1.90. The highest BCUT2D eigenvalue weighted by Gasteiger charge is 1.94. The third-order valence-corrected chi connectivity index (χ3v) is 0.894. The molecular formula is C5H5N3O. The third kappa shape index (κ3) is 1.02. The number of hydrogen-bond donors (Lipinski definition) is 1. The molecular weight excluding hydrogens is 118 g/mol. The fraction of sp³-hybridized carbons (Fsp3) is 0. The van der Waals surface area contributed by atoms with E-state index in [1.54, 1.807) is 0 Å². The van der Waals surface area contributed by atoms with Gasteiger partial charge in [0.2, 0.25) is 0 Å². The maximum atomic E-state index is 10.0. The molecule has 0 saturated heterocycles. The summed E-state index contributed by atoms with van der Waals surface area (Å²) in [6.07, 6.45) is 2.00. The Morgan fingerprint density at radius 1 is 1.67 bits per heavy atom. The van der Waals surface area contributed by atoms with Crippen molar-refractivity contribution in [3.63, 3.8) is 0 Å². The molecule has 4 nitrogen and oxygen atoms in total. The van der Waals surface area contributed by atoms with E-state index in [1.807, 2.05) is 0 Å². The Morgan fingerprint density at radius 3 is 2.89 bits per heavy atom. The standard InChI is InChI=1S/C5H5N3O/c6-4-1-2-7-8-5(4)3-9/h1-3H,(H2,6,7). The Bertz CT molecular complexity index is 223. The fourth-order valence-corrected chi connectivity index (χ4v) is 0.444. The lowest BCUT2D eigenvalue weighted by molar-refractivity contribution is 0.111. The molecule has 1 aromatic rings. The van der Waals surface area contributed by atoms with Crippen LogP contribution in [0.5, 0.6) is 0 Å². The van der Waals surface area contributed by atoms with Gasteiger partial charge in [0.05, 0.1) is 11.9 Å². The normalized spacial score (nSPS) is 8.89. The number of rotatable bonds is 1. The third-order valence-electron chi connectivity index (χ3n) is 0.894. The number of nitrogen functional groups attached to an aromatic ring is 1. The molecule has 46 valence electrons. The van der Waals surface area contributed by atoms with E-state index < -0.39 is 0 Å². The van der Waals surface area contributed by atoms with Gasteiger partial charge < -0.3 is 5.73 Å². The molecule has 0 aromatic carbocycles. The zero-order valence-corrected chi connectivity index (χ0v) is 4.61. The van der Waals surface area contributed by atoms with Gasteiger partial charge in [-0.25, -0.2) is 0 Å². The maximum absolute atomic E-state index is 10.0. The number of anilines is 1. The first-order valence-electron chi connectivity index (χ1n) is 2.37. The van der Waals surface area contributed by atoms with E-state index in [2.05, 4.69) is 10.2 Å². The predicted molar refractivity (Wildman–Crippen MR) is 31.8 cm³/mol. The summed E-state index contributed by atoms with van der Waals surface area (Å²) in [5.74, 6) is 0. The summed E-state index contributed by atoms with van der Waals surface area (Å²) in [5.41, 5.74) is 5.85. The minimum absolute atomic E-state index is 0.192. The van der Waals surface area contributed by atoms with Gasteiger partial charge in [-0.2, -0.15) is 5.10 Å². The van der Waals surface area contributed by atoms with Gasteiger partial charge in [-0.1, -0.05) is 0 Å². The summed E-state index contributed by atoms with van der Waals surface area (Å²) in [6.45, 7) is 0. The van der Waals surface area contributed by atoms with Crippen molar-refractivity contribution >= 4 is 12.0 Å². The second-order valence-corrected chi connectivity index (χ2v) is 1.49. The van der Waals surface area contributed by atoms with Crippen LogP contribution in [-0.4, -0.2) is 16.5 Å². The summed E-state index contributed by atoms with van der Waals surface area (Å²) >= 11 is 0. The Hall–Kier alpha value is -1.45. The minimum Gasteiger partial charge on any atom is -0.397 e. The smallest absolute Gasteiger partial charge is 0.172 e. The molecule has 1 rings (SSSR count). The van der Waals surface area contributed by atoms with Crippen molar-refractivity contribution in [2.75, 3.05) is 5.73 Å². The van der Waals surface area contributed by atoms with Crippen LogP contribution < -0.4 is 5.73 Å². The van der Waals surface area contributed by atoms with Crippen LogP contribution in [0.4, 0.5) is 5.69 Å². The van der Waals surface area contributed by atoms with Crippen LogP contribution in [0.25, 0.3) is 0 Å². The van der Waals surface area contributed by atoms with Crippen LogP contribution in [0.15, 0.2) is 12.3 Å². The van der Waals surface area contributed by atoms with E-state index in [4.69, 9.17) is 5.73 Å². The number of hydrogen-bond acceptors (Lipinski definition) is 4. The molecule has 0 amide bonds. The lowest BCUT2D eigenvalue weighted by atomic mass is 10.4. The van der Waals surface area contributed by atoms with Gasteiger partial charge in [-0.15, -0.1) is 5.10 Å². The number of aldehydes is 1. The quantitative estimate of drug-likeness (QED) is 0.528. The molecule has 0 fully saturated rings. The van der Waals surface area contributed by atoms with Gasteiger partial charge in [0.25, 0.3) is 0 Å². The van der Waals surface area contributed by atoms with E-state index in [9.17, 15) is 4.79 Å². The van der Waals surface area contributed by atoms with Crippen LogP contribution in [0, 0.1) is 0 Å². The van der Waals surface area contributed by atoms with E-state index >= 15 is 0 Å². The molecule has 0 radical (unpaired) electrons. The van der Waals surface area contributed by atoms with Gasteiger partial charge >= 0.3 is 0 Å². The molecule has 1 heterocycles. The largest absolute Gasteiger partial charge is 0.397 e. The molecule has 0 aliphatic carbocycles. The lowest BCUT2D eigenvalue weighted by Crippen LogP contribution is -1.96. The molecule has 0 spiro atoms. The topological polar surface area (TPSA) is 68.9 Å². The monoisotopic (exact) mass is 123 g/mol. The first kappa shape index (κ1) is 5.68. The van der Waals surface area contributed by atoms with Gasteiger partial charge in [0.1, 0.15) is 5.69 Å². The summed E-state index contributed by atoms with van der Waals surface area (Å²) < 4.78 is 0. The highest BCUT2D eigenvalue weighted by molar-refractivity contribution is 5.79. The number of carbonyl (C=O) groups is 1. The first-order valence-corrected chi connectivity index (χ1v) is 2.37. The molecule has 0 aliphatic heterocycles. The van der Waals surface area contributed by atoms with Gasteiger partial charge in [-0.3, -0.25) is 4.79 Å². The second kappa shape index (κ2) is 2.21. The Morgan fingerprint density at radius 2 is 2.44 bits per heavy atom. The molecule has 0 saturated carbocycles. The first-order chi connectivity index (χ1) is 4.34. The molecule has 0 bridgehead atoms. The van der Waals surface area contributed by atoms with Crippen LogP contribution in [0.2, 0.25) is 0 Å². The molecule has 4 heteroatoms. The van der Waals surface area contributed by atoms with E-state index in [1.165, 1.54) is 12.3 Å². The van der Waals surface area contributed by atoms with Crippen LogP contribution in [0.1, 0.15) is 10.5 Å². The SMILES string of the molecule is Nc1ccnnc1C=O. The van der Waals surface area contributed by atoms with Crippen molar-refractivity contribution in [1.82, 2.24) is 10.2 Å². The van der Waals surface area contributed by atoms with E-state index in [0.717, 1.165) is 0 Å². The molecule has 9 heavy (non-hydrogen) atoms. The molecule has 1 aromatic heterocycles. The molecule has 0 aliphatic rings. The van der Waals surface area contributed by atoms with Crippen LogP contribution in [0.3, 0.4) is 0 Å². The second-order valence-electron chi connectivity index (χ2n) is 1.49. The van der Waals surface area contributed by atoms with E-state index in [0.29, 0.717) is 12.0 Å². The average molecular weight is 123 g/mol. The van der Waals surface area contributed by atoms with Crippen molar-refractivity contribution < 1.29 is 4.79 Å². The highest BCUT2D eigenvalue weighted by atomic mass is 16.1. The zero-order valence-electron chi connectivity index (χ0n) is 4.61. The summed E-state index contributed by atoms with van der Waals surface area (Å²) in [4.78, 5) is 10.0. The predicted octanol–water partition coefficient (Wildman–Crippen LogP) is -0.129. The summed E-state index contributed by atoms with van der Waals surface area (Å²) in [6, 6.07) is 1.52. The fourth-order valence-electron chi connectivity index (χ4n) is 0.444. The Balaban J connectivity index is 3.15. The highest BCUT2D eigenvalue weighted by Crippen LogP contribution is 1.99. The Kier molecular flexibility index (Phi) is 1.40. The minimum atomic E-state index is 0.192. The van der Waals surface area contributed by atoms with Crippen molar-refractivity contribution in [3.8, 4) is 0 Å². The zero-order chi connectivity index (χ0) is 6.69.